The number of nitrogens with zero attached hydrogens (tertiary/aromatic N) is 4. The number of anilines is 2. The summed E-state index contributed by atoms with van der Waals surface area (Å²) < 4.78 is 16.3. The highest BCUT2D eigenvalue weighted by atomic mass is 32.2. The van der Waals surface area contributed by atoms with Crippen molar-refractivity contribution in [2.75, 3.05) is 4.90 Å². The topological polar surface area (TPSA) is 51.0 Å². The van der Waals surface area contributed by atoms with Gasteiger partial charge in [0.05, 0.1) is 17.1 Å². The minimum atomic E-state index is -0.459. The minimum absolute atomic E-state index is 0.203. The Morgan fingerprint density at radius 3 is 2.77 bits per heavy atom. The molecule has 0 aliphatic carbocycles. The maximum atomic E-state index is 14.3. The Morgan fingerprint density at radius 2 is 2.00 bits per heavy atom. The third-order valence-corrected chi connectivity index (χ3v) is 6.81. The number of thioether (sulfide) groups is 1. The van der Waals surface area contributed by atoms with Crippen LogP contribution in [0.2, 0.25) is 0 Å². The number of rotatable bonds is 6. The van der Waals surface area contributed by atoms with Crippen molar-refractivity contribution >= 4 is 39.8 Å². The molecule has 2 aromatic heterocycles. The van der Waals surface area contributed by atoms with Gasteiger partial charge in [-0.15, -0.1) is 11.3 Å². The van der Waals surface area contributed by atoms with Gasteiger partial charge in [0.1, 0.15) is 5.82 Å². The number of amides is 1. The average molecular weight is 453 g/mol. The van der Waals surface area contributed by atoms with Crippen LogP contribution in [0.4, 0.5) is 15.2 Å². The molecule has 0 bridgehead atoms. The van der Waals surface area contributed by atoms with Crippen LogP contribution in [-0.4, -0.2) is 20.4 Å². The van der Waals surface area contributed by atoms with Crippen LogP contribution >= 0.6 is 23.1 Å². The first-order valence-corrected chi connectivity index (χ1v) is 11.5. The van der Waals surface area contributed by atoms with Crippen LogP contribution in [0.1, 0.15) is 23.7 Å². The second kappa shape index (κ2) is 9.03. The summed E-state index contributed by atoms with van der Waals surface area (Å²) in [6.07, 6.45) is 3.73. The van der Waals surface area contributed by atoms with E-state index in [2.05, 4.69) is 40.5 Å². The van der Waals surface area contributed by atoms with Crippen molar-refractivity contribution in [3.05, 3.63) is 82.9 Å². The Kier molecular flexibility index (Phi) is 6.20. The molecule has 2 aromatic carbocycles. The van der Waals surface area contributed by atoms with Gasteiger partial charge in [-0.3, -0.25) is 14.3 Å². The molecule has 0 aliphatic heterocycles. The van der Waals surface area contributed by atoms with Crippen molar-refractivity contribution in [3.8, 4) is 5.69 Å². The number of hydrogen-bond donors (Lipinski definition) is 0. The first-order chi connectivity index (χ1) is 15.0. The van der Waals surface area contributed by atoms with Crippen molar-refractivity contribution in [1.29, 1.82) is 0 Å². The van der Waals surface area contributed by atoms with Gasteiger partial charge in [0.25, 0.3) is 0 Å². The van der Waals surface area contributed by atoms with E-state index in [-0.39, 0.29) is 11.6 Å². The maximum Gasteiger partial charge on any atom is 0.230 e. The molecule has 0 fully saturated rings. The fourth-order valence-corrected chi connectivity index (χ4v) is 5.06. The second-order valence-corrected chi connectivity index (χ2v) is 8.79. The number of aryl methyl sites for hydroxylation is 1. The molecule has 1 amide bonds. The predicted molar refractivity (Wildman–Crippen MR) is 124 cm³/mol. The molecule has 158 valence electrons. The van der Waals surface area contributed by atoms with E-state index in [4.69, 9.17) is 0 Å². The zero-order chi connectivity index (χ0) is 22.0. The molecule has 0 aliphatic rings. The summed E-state index contributed by atoms with van der Waals surface area (Å²) >= 11 is 2.89. The Bertz CT molecular complexity index is 1230. The van der Waals surface area contributed by atoms with Crippen LogP contribution in [0.3, 0.4) is 0 Å². The Hall–Kier alpha value is -2.97. The van der Waals surface area contributed by atoms with E-state index in [1.54, 1.807) is 36.2 Å². The highest BCUT2D eigenvalue weighted by molar-refractivity contribution is 7.98. The van der Waals surface area contributed by atoms with E-state index >= 15 is 0 Å². The monoisotopic (exact) mass is 452 g/mol. The molecule has 2 heterocycles. The Labute approximate surface area is 188 Å². The predicted octanol–water partition coefficient (Wildman–Crippen LogP) is 6.06. The zero-order valence-electron chi connectivity index (χ0n) is 17.4. The first-order valence-electron chi connectivity index (χ1n) is 9.68. The molecule has 0 spiro atoms. The number of carbonyl (C=O) groups excluding carboxylic acids is 1. The van der Waals surface area contributed by atoms with Crippen LogP contribution < -0.4 is 4.90 Å². The van der Waals surface area contributed by atoms with Gasteiger partial charge in [0.15, 0.2) is 10.3 Å². The summed E-state index contributed by atoms with van der Waals surface area (Å²) in [5.74, 6) is -0.162. The Balaban J connectivity index is 1.55. The lowest BCUT2D eigenvalue weighted by Crippen LogP contribution is -2.23. The molecule has 5 nitrogen and oxygen atoms in total. The molecule has 31 heavy (non-hydrogen) atoms. The molecular weight excluding hydrogens is 431 g/mol. The van der Waals surface area contributed by atoms with Crippen LogP contribution in [0.5, 0.6) is 0 Å². The van der Waals surface area contributed by atoms with E-state index in [1.165, 1.54) is 40.4 Å². The third kappa shape index (κ3) is 4.40. The quantitative estimate of drug-likeness (QED) is 0.334. The van der Waals surface area contributed by atoms with Crippen LogP contribution in [0.15, 0.2) is 65.4 Å². The number of benzene rings is 2. The number of carbonyl (C=O) groups is 1. The van der Waals surface area contributed by atoms with Gasteiger partial charge < -0.3 is 0 Å². The van der Waals surface area contributed by atoms with Gasteiger partial charge in [-0.1, -0.05) is 36.0 Å². The molecule has 0 saturated carbocycles. The molecule has 0 saturated heterocycles. The summed E-state index contributed by atoms with van der Waals surface area (Å²) in [6.45, 7) is 5.60. The molecule has 0 atom stereocenters. The summed E-state index contributed by atoms with van der Waals surface area (Å²) in [6, 6.07) is 12.4. The number of aromatic nitrogens is 3. The van der Waals surface area contributed by atoms with Gasteiger partial charge in [-0.05, 0) is 43.2 Å². The average Bonchev–Trinajstić information content (AvgIpc) is 3.39. The molecule has 8 heteroatoms. The van der Waals surface area contributed by atoms with Crippen molar-refractivity contribution in [2.45, 2.75) is 31.7 Å². The van der Waals surface area contributed by atoms with Crippen molar-refractivity contribution in [1.82, 2.24) is 14.5 Å². The number of imidazole rings is 1. The SMILES string of the molecule is CC(=O)N(c1nc(CSc2nccn2-c2cccc(C)c2C)cs1)c1ccccc1F. The molecule has 0 N–H and O–H groups in total. The number of hydrogen-bond acceptors (Lipinski definition) is 5. The first kappa shape index (κ1) is 21.3. The van der Waals surface area contributed by atoms with E-state index in [0.717, 1.165) is 16.5 Å². The highest BCUT2D eigenvalue weighted by Crippen LogP contribution is 2.33. The lowest BCUT2D eigenvalue weighted by atomic mass is 10.1. The van der Waals surface area contributed by atoms with E-state index in [0.29, 0.717) is 10.9 Å². The molecular formula is C23H21FN4OS2. The number of halogens is 1. The third-order valence-electron chi connectivity index (χ3n) is 4.93. The Morgan fingerprint density at radius 1 is 1.19 bits per heavy atom. The number of thiazole rings is 1. The summed E-state index contributed by atoms with van der Waals surface area (Å²) in [7, 11) is 0. The van der Waals surface area contributed by atoms with Crippen LogP contribution in [0, 0.1) is 19.7 Å². The standard InChI is InChI=1S/C23H21FN4OS2/c1-15-7-6-10-20(16(15)2)27-12-11-25-22(27)30-13-18-14-31-23(26-18)28(17(3)29)21-9-5-4-8-19(21)24/h4-12,14H,13H2,1-3H3. The van der Waals surface area contributed by atoms with Gasteiger partial charge in [-0.25, -0.2) is 14.4 Å². The largest absolute Gasteiger partial charge is 0.295 e. The molecule has 4 aromatic rings. The van der Waals surface area contributed by atoms with Crippen LogP contribution in [0.25, 0.3) is 5.69 Å². The number of para-hydroxylation sites is 1. The van der Waals surface area contributed by atoms with Gasteiger partial charge in [0.2, 0.25) is 5.91 Å². The molecule has 0 radical (unpaired) electrons. The van der Waals surface area contributed by atoms with Gasteiger partial charge in [0, 0.05) is 30.5 Å². The summed E-state index contributed by atoms with van der Waals surface area (Å²) in [5, 5.41) is 3.21. The lowest BCUT2D eigenvalue weighted by Gasteiger charge is -2.18. The molecule has 4 rings (SSSR count). The van der Waals surface area contributed by atoms with Crippen molar-refractivity contribution < 1.29 is 9.18 Å². The second-order valence-electron chi connectivity index (χ2n) is 7.01. The van der Waals surface area contributed by atoms with Crippen molar-refractivity contribution in [3.63, 3.8) is 0 Å². The summed E-state index contributed by atoms with van der Waals surface area (Å²) in [5.41, 5.74) is 4.54. The van der Waals surface area contributed by atoms with Crippen molar-refractivity contribution in [2.24, 2.45) is 0 Å². The van der Waals surface area contributed by atoms with E-state index in [1.807, 2.05) is 17.6 Å². The normalized spacial score (nSPS) is 11.0. The van der Waals surface area contributed by atoms with Crippen LogP contribution in [-0.2, 0) is 10.5 Å². The zero-order valence-corrected chi connectivity index (χ0v) is 19.0. The minimum Gasteiger partial charge on any atom is -0.295 e. The summed E-state index contributed by atoms with van der Waals surface area (Å²) in [4.78, 5) is 22.6. The van der Waals surface area contributed by atoms with E-state index < -0.39 is 5.82 Å². The fourth-order valence-electron chi connectivity index (χ4n) is 3.22. The maximum absolute atomic E-state index is 14.3. The van der Waals surface area contributed by atoms with Gasteiger partial charge >= 0.3 is 0 Å². The lowest BCUT2D eigenvalue weighted by molar-refractivity contribution is -0.115. The smallest absolute Gasteiger partial charge is 0.230 e. The van der Waals surface area contributed by atoms with E-state index in [9.17, 15) is 9.18 Å². The molecule has 0 unspecified atom stereocenters. The highest BCUT2D eigenvalue weighted by Gasteiger charge is 2.21. The fraction of sp³-hybridized carbons (Fsp3) is 0.174. The van der Waals surface area contributed by atoms with Gasteiger partial charge in [-0.2, -0.15) is 0 Å².